The number of amides is 1. The smallest absolute Gasteiger partial charge is 0.422 e. The first-order valence-electron chi connectivity index (χ1n) is 6.68. The summed E-state index contributed by atoms with van der Waals surface area (Å²) in [5.41, 5.74) is 0. The van der Waals surface area contributed by atoms with Crippen LogP contribution in [0.25, 0.3) is 0 Å². The van der Waals surface area contributed by atoms with Crippen LogP contribution in [0.2, 0.25) is 0 Å². The van der Waals surface area contributed by atoms with Gasteiger partial charge in [0.2, 0.25) is 0 Å². The van der Waals surface area contributed by atoms with Crippen LogP contribution in [0.3, 0.4) is 0 Å². The molecule has 2 rings (SSSR count). The maximum Gasteiger partial charge on any atom is 0.422 e. The van der Waals surface area contributed by atoms with E-state index in [1.807, 2.05) is 0 Å². The molecule has 1 aliphatic carbocycles. The Balaban J connectivity index is 1.71. The van der Waals surface area contributed by atoms with Gasteiger partial charge in [0, 0.05) is 32.2 Å². The van der Waals surface area contributed by atoms with E-state index in [-0.39, 0.29) is 0 Å². The normalized spacial score (nSPS) is 22.8. The van der Waals surface area contributed by atoms with Crippen LogP contribution in [0.5, 0.6) is 0 Å². The van der Waals surface area contributed by atoms with Crippen LogP contribution in [0.4, 0.5) is 18.0 Å². The highest BCUT2D eigenvalue weighted by Gasteiger charge is 2.32. The van der Waals surface area contributed by atoms with E-state index in [1.165, 1.54) is 30.6 Å². The lowest BCUT2D eigenvalue weighted by Gasteiger charge is -2.37. The second kappa shape index (κ2) is 5.98. The molecule has 0 unspecified atom stereocenters. The first-order chi connectivity index (χ1) is 8.96. The highest BCUT2D eigenvalue weighted by Crippen LogP contribution is 2.24. The Kier molecular flexibility index (Phi) is 4.54. The fourth-order valence-corrected chi connectivity index (χ4v) is 2.77. The minimum atomic E-state index is -4.46. The number of carbonyl (C=O) groups excluding carboxylic acids is 1. The first kappa shape index (κ1) is 14.4. The number of piperazine rings is 1. The zero-order valence-corrected chi connectivity index (χ0v) is 10.8. The van der Waals surface area contributed by atoms with Crippen LogP contribution < -0.4 is 0 Å². The standard InChI is InChI=1S/C12H19F3N2O2/c13-12(14,15)9-19-11(18)17-7-5-16(6-8-17)10-3-1-2-4-10/h10H,1-9H2. The van der Waals surface area contributed by atoms with Crippen LogP contribution >= 0.6 is 0 Å². The lowest BCUT2D eigenvalue weighted by molar-refractivity contribution is -0.162. The summed E-state index contributed by atoms with van der Waals surface area (Å²) in [5, 5.41) is 0. The number of ether oxygens (including phenoxy) is 1. The lowest BCUT2D eigenvalue weighted by atomic mass is 10.2. The second-order valence-corrected chi connectivity index (χ2v) is 5.13. The maximum absolute atomic E-state index is 11.9. The molecule has 1 heterocycles. The molecular formula is C12H19F3N2O2. The number of nitrogens with zero attached hydrogens (tertiary/aromatic N) is 2. The van der Waals surface area contributed by atoms with Crippen molar-refractivity contribution in [3.63, 3.8) is 0 Å². The van der Waals surface area contributed by atoms with E-state index in [0.29, 0.717) is 19.1 Å². The predicted molar refractivity (Wildman–Crippen MR) is 62.8 cm³/mol. The van der Waals surface area contributed by atoms with Crippen molar-refractivity contribution in [2.24, 2.45) is 0 Å². The predicted octanol–water partition coefficient (Wildman–Crippen LogP) is 2.25. The number of halogens is 3. The monoisotopic (exact) mass is 280 g/mol. The quantitative estimate of drug-likeness (QED) is 0.777. The van der Waals surface area contributed by atoms with Crippen LogP contribution in [0.1, 0.15) is 25.7 Å². The summed E-state index contributed by atoms with van der Waals surface area (Å²) < 4.78 is 40.1. The molecule has 0 N–H and O–H groups in total. The molecule has 7 heteroatoms. The third-order valence-electron chi connectivity index (χ3n) is 3.77. The molecule has 0 spiro atoms. The zero-order chi connectivity index (χ0) is 13.9. The molecule has 2 fully saturated rings. The fourth-order valence-electron chi connectivity index (χ4n) is 2.77. The van der Waals surface area contributed by atoms with Crippen LogP contribution in [0, 0.1) is 0 Å². The van der Waals surface area contributed by atoms with Gasteiger partial charge >= 0.3 is 12.3 Å². The van der Waals surface area contributed by atoms with Gasteiger partial charge in [0.25, 0.3) is 0 Å². The Morgan fingerprint density at radius 2 is 1.68 bits per heavy atom. The average Bonchev–Trinajstić information content (AvgIpc) is 2.89. The van der Waals surface area contributed by atoms with Crippen LogP contribution in [0.15, 0.2) is 0 Å². The Labute approximate surface area is 110 Å². The van der Waals surface area contributed by atoms with Gasteiger partial charge < -0.3 is 9.64 Å². The molecule has 1 amide bonds. The summed E-state index contributed by atoms with van der Waals surface area (Å²) in [6, 6.07) is 0.591. The molecule has 4 nitrogen and oxygen atoms in total. The number of rotatable bonds is 2. The van der Waals surface area contributed by atoms with E-state index in [1.54, 1.807) is 0 Å². The minimum absolute atomic E-state index is 0.452. The third-order valence-corrected chi connectivity index (χ3v) is 3.77. The Morgan fingerprint density at radius 3 is 2.21 bits per heavy atom. The Morgan fingerprint density at radius 1 is 1.11 bits per heavy atom. The van der Waals surface area contributed by atoms with Gasteiger partial charge in [0.15, 0.2) is 6.61 Å². The summed E-state index contributed by atoms with van der Waals surface area (Å²) in [7, 11) is 0. The van der Waals surface area contributed by atoms with E-state index in [4.69, 9.17) is 0 Å². The molecule has 0 aromatic carbocycles. The van der Waals surface area contributed by atoms with Crippen molar-refractivity contribution in [2.75, 3.05) is 32.8 Å². The molecule has 19 heavy (non-hydrogen) atoms. The molecule has 0 bridgehead atoms. The molecule has 2 aliphatic rings. The highest BCUT2D eigenvalue weighted by atomic mass is 19.4. The number of hydrogen-bond acceptors (Lipinski definition) is 3. The van der Waals surface area contributed by atoms with Gasteiger partial charge in [-0.15, -0.1) is 0 Å². The molecule has 0 atom stereocenters. The van der Waals surface area contributed by atoms with Crippen molar-refractivity contribution in [2.45, 2.75) is 37.9 Å². The zero-order valence-electron chi connectivity index (χ0n) is 10.8. The molecule has 0 radical (unpaired) electrons. The van der Waals surface area contributed by atoms with Crippen molar-refractivity contribution >= 4 is 6.09 Å². The molecule has 1 saturated carbocycles. The summed E-state index contributed by atoms with van der Waals surface area (Å²) in [4.78, 5) is 15.2. The van der Waals surface area contributed by atoms with Gasteiger partial charge in [-0.25, -0.2) is 4.79 Å². The molecule has 0 aromatic heterocycles. The molecule has 0 aromatic rings. The van der Waals surface area contributed by atoms with Gasteiger partial charge in [-0.1, -0.05) is 12.8 Å². The molecule has 1 saturated heterocycles. The highest BCUT2D eigenvalue weighted by molar-refractivity contribution is 5.67. The second-order valence-electron chi connectivity index (χ2n) is 5.13. The van der Waals surface area contributed by atoms with Crippen molar-refractivity contribution in [3.8, 4) is 0 Å². The summed E-state index contributed by atoms with van der Waals surface area (Å²) in [6.45, 7) is 0.854. The van der Waals surface area contributed by atoms with E-state index < -0.39 is 18.9 Å². The largest absolute Gasteiger partial charge is 0.440 e. The Hall–Kier alpha value is -0.980. The van der Waals surface area contributed by atoms with Crippen molar-refractivity contribution in [1.29, 1.82) is 0 Å². The van der Waals surface area contributed by atoms with Crippen molar-refractivity contribution in [1.82, 2.24) is 9.80 Å². The van der Waals surface area contributed by atoms with E-state index >= 15 is 0 Å². The van der Waals surface area contributed by atoms with Crippen molar-refractivity contribution in [3.05, 3.63) is 0 Å². The maximum atomic E-state index is 11.9. The molecule has 110 valence electrons. The van der Waals surface area contributed by atoms with E-state index in [9.17, 15) is 18.0 Å². The summed E-state index contributed by atoms with van der Waals surface area (Å²) in [6.07, 6.45) is -0.432. The van der Waals surface area contributed by atoms with Crippen LogP contribution in [-0.4, -0.2) is 60.9 Å². The summed E-state index contributed by atoms with van der Waals surface area (Å²) in [5.74, 6) is 0. The first-order valence-corrected chi connectivity index (χ1v) is 6.68. The topological polar surface area (TPSA) is 32.8 Å². The number of alkyl halides is 3. The fraction of sp³-hybridized carbons (Fsp3) is 0.917. The van der Waals surface area contributed by atoms with Gasteiger partial charge in [0.1, 0.15) is 0 Å². The van der Waals surface area contributed by atoms with Gasteiger partial charge in [-0.3, -0.25) is 4.90 Å². The van der Waals surface area contributed by atoms with Gasteiger partial charge in [-0.2, -0.15) is 13.2 Å². The van der Waals surface area contributed by atoms with E-state index in [2.05, 4.69) is 9.64 Å². The minimum Gasteiger partial charge on any atom is -0.440 e. The van der Waals surface area contributed by atoms with Crippen molar-refractivity contribution < 1.29 is 22.7 Å². The average molecular weight is 280 g/mol. The van der Waals surface area contributed by atoms with Crippen LogP contribution in [-0.2, 0) is 4.74 Å². The SMILES string of the molecule is O=C(OCC(F)(F)F)N1CCN(C2CCCC2)CC1. The van der Waals surface area contributed by atoms with E-state index in [0.717, 1.165) is 13.1 Å². The number of carbonyl (C=O) groups is 1. The lowest BCUT2D eigenvalue weighted by Crippen LogP contribution is -2.51. The van der Waals surface area contributed by atoms with Gasteiger partial charge in [-0.05, 0) is 12.8 Å². The Bertz CT molecular complexity index is 309. The molecular weight excluding hydrogens is 261 g/mol. The third kappa shape index (κ3) is 4.26. The molecule has 1 aliphatic heterocycles. The number of hydrogen-bond donors (Lipinski definition) is 0. The summed E-state index contributed by atoms with van der Waals surface area (Å²) >= 11 is 0. The van der Waals surface area contributed by atoms with Gasteiger partial charge in [0.05, 0.1) is 0 Å².